The molecule has 3 rings (SSSR count). The Morgan fingerprint density at radius 2 is 2.10 bits per heavy atom. The van der Waals surface area contributed by atoms with Crippen molar-refractivity contribution in [3.8, 4) is 0 Å². The molecule has 1 aromatic rings. The average molecular weight is 402 g/mol. The van der Waals surface area contributed by atoms with Crippen LogP contribution in [0.15, 0.2) is 35.3 Å². The van der Waals surface area contributed by atoms with Gasteiger partial charge in [0.05, 0.1) is 6.10 Å². The van der Waals surface area contributed by atoms with Crippen molar-refractivity contribution in [2.45, 2.75) is 50.9 Å². The molecule has 7 nitrogen and oxygen atoms in total. The van der Waals surface area contributed by atoms with Crippen LogP contribution in [0.2, 0.25) is 0 Å². The van der Waals surface area contributed by atoms with E-state index in [4.69, 9.17) is 4.74 Å². The lowest BCUT2D eigenvalue weighted by Crippen LogP contribution is -2.47. The van der Waals surface area contributed by atoms with Gasteiger partial charge in [-0.05, 0) is 31.7 Å². The number of hydrogen-bond donors (Lipinski definition) is 2. The van der Waals surface area contributed by atoms with E-state index in [1.165, 1.54) is 5.56 Å². The van der Waals surface area contributed by atoms with Crippen LogP contribution >= 0.6 is 0 Å². The third kappa shape index (κ3) is 6.72. The Bertz CT molecular complexity index is 673. The van der Waals surface area contributed by atoms with Crippen molar-refractivity contribution in [1.82, 2.24) is 20.4 Å². The van der Waals surface area contributed by atoms with Gasteiger partial charge in [0.2, 0.25) is 5.91 Å². The maximum atomic E-state index is 12.0. The quantitative estimate of drug-likeness (QED) is 0.535. The standard InChI is InChI=1S/C22H35N5O2/c1-17-12-19(16-27(17)15-18-8-5-4-6-9-18)25-22(24-14-21(28)26(2)3)23-13-20-10-7-11-29-20/h4-6,8-9,17,19-20H,7,10-16H2,1-3H3,(H2,23,24,25). The highest BCUT2D eigenvalue weighted by molar-refractivity contribution is 5.85. The molecule has 3 unspecified atom stereocenters. The van der Waals surface area contributed by atoms with Gasteiger partial charge in [-0.3, -0.25) is 9.69 Å². The Labute approximate surface area is 174 Å². The average Bonchev–Trinajstić information content (AvgIpc) is 3.34. The zero-order valence-corrected chi connectivity index (χ0v) is 17.9. The summed E-state index contributed by atoms with van der Waals surface area (Å²) in [6.45, 7) is 5.88. The molecule has 29 heavy (non-hydrogen) atoms. The molecular weight excluding hydrogens is 366 g/mol. The normalized spacial score (nSPS) is 25.2. The summed E-state index contributed by atoms with van der Waals surface area (Å²) in [5.74, 6) is 0.697. The van der Waals surface area contributed by atoms with Gasteiger partial charge in [0, 0.05) is 52.4 Å². The van der Waals surface area contributed by atoms with E-state index in [0.717, 1.165) is 45.5 Å². The highest BCUT2D eigenvalue weighted by Gasteiger charge is 2.29. The first-order chi connectivity index (χ1) is 14.0. The second-order valence-corrected chi connectivity index (χ2v) is 8.31. The summed E-state index contributed by atoms with van der Waals surface area (Å²) in [5, 5.41) is 6.94. The summed E-state index contributed by atoms with van der Waals surface area (Å²) >= 11 is 0. The summed E-state index contributed by atoms with van der Waals surface area (Å²) in [6.07, 6.45) is 3.46. The Kier molecular flexibility index (Phi) is 7.89. The minimum Gasteiger partial charge on any atom is -0.376 e. The number of benzene rings is 1. The summed E-state index contributed by atoms with van der Waals surface area (Å²) in [4.78, 5) is 20.6. The zero-order chi connectivity index (χ0) is 20.6. The van der Waals surface area contributed by atoms with Gasteiger partial charge >= 0.3 is 0 Å². The fourth-order valence-corrected chi connectivity index (χ4v) is 3.89. The Hall–Kier alpha value is -2.12. The Balaban J connectivity index is 1.56. The van der Waals surface area contributed by atoms with Gasteiger partial charge in [-0.25, -0.2) is 4.99 Å². The van der Waals surface area contributed by atoms with Gasteiger partial charge < -0.3 is 20.3 Å². The molecule has 0 saturated carbocycles. The van der Waals surface area contributed by atoms with Gasteiger partial charge in [-0.1, -0.05) is 30.3 Å². The first-order valence-corrected chi connectivity index (χ1v) is 10.7. The molecule has 0 spiro atoms. The van der Waals surface area contributed by atoms with Crippen LogP contribution in [0.5, 0.6) is 0 Å². The number of nitrogens with one attached hydrogen (secondary N) is 2. The number of rotatable bonds is 7. The number of guanidine groups is 1. The summed E-state index contributed by atoms with van der Waals surface area (Å²) in [7, 11) is 3.51. The van der Waals surface area contributed by atoms with Crippen molar-refractivity contribution in [2.75, 3.05) is 40.3 Å². The molecular formula is C22H35N5O2. The molecule has 2 saturated heterocycles. The number of carbonyl (C=O) groups is 1. The number of amides is 1. The molecule has 2 aliphatic heterocycles. The maximum absolute atomic E-state index is 12.0. The molecule has 1 amide bonds. The molecule has 160 valence electrons. The van der Waals surface area contributed by atoms with Gasteiger partial charge in [0.1, 0.15) is 6.54 Å². The molecule has 7 heteroatoms. The van der Waals surface area contributed by atoms with Gasteiger partial charge in [-0.15, -0.1) is 0 Å². The smallest absolute Gasteiger partial charge is 0.243 e. The van der Waals surface area contributed by atoms with Crippen LogP contribution in [-0.4, -0.2) is 80.2 Å². The summed E-state index contributed by atoms with van der Waals surface area (Å²) < 4.78 is 5.71. The predicted molar refractivity (Wildman–Crippen MR) is 116 cm³/mol. The number of hydrogen-bond acceptors (Lipinski definition) is 4. The van der Waals surface area contributed by atoms with Gasteiger partial charge in [-0.2, -0.15) is 0 Å². The van der Waals surface area contributed by atoms with Crippen molar-refractivity contribution in [2.24, 2.45) is 4.99 Å². The molecule has 0 aromatic heterocycles. The van der Waals surface area contributed by atoms with Crippen molar-refractivity contribution in [3.05, 3.63) is 35.9 Å². The second-order valence-electron chi connectivity index (χ2n) is 8.31. The highest BCUT2D eigenvalue weighted by Crippen LogP contribution is 2.20. The predicted octanol–water partition coefficient (Wildman–Crippen LogP) is 1.45. The van der Waals surface area contributed by atoms with Crippen molar-refractivity contribution < 1.29 is 9.53 Å². The molecule has 0 bridgehead atoms. The molecule has 0 aliphatic carbocycles. The van der Waals surface area contributed by atoms with E-state index in [2.05, 4.69) is 57.8 Å². The number of likely N-dealkylation sites (tertiary alicyclic amines) is 1. The van der Waals surface area contributed by atoms with E-state index in [1.807, 2.05) is 0 Å². The maximum Gasteiger partial charge on any atom is 0.243 e. The third-order valence-electron chi connectivity index (χ3n) is 5.67. The molecule has 0 radical (unpaired) electrons. The van der Waals surface area contributed by atoms with Crippen LogP contribution in [0.3, 0.4) is 0 Å². The lowest BCUT2D eigenvalue weighted by molar-refractivity contribution is -0.127. The number of nitrogens with zero attached hydrogens (tertiary/aromatic N) is 3. The first kappa shape index (κ1) is 21.6. The SMILES string of the molecule is CC1CC(NC(=NCC(=O)N(C)C)NCC2CCCO2)CN1Cc1ccccc1. The van der Waals surface area contributed by atoms with E-state index >= 15 is 0 Å². The minimum atomic E-state index is -0.00582. The van der Waals surface area contributed by atoms with Crippen LogP contribution in [0.1, 0.15) is 31.7 Å². The number of ether oxygens (including phenoxy) is 1. The molecule has 1 aromatic carbocycles. The molecule has 2 fully saturated rings. The highest BCUT2D eigenvalue weighted by atomic mass is 16.5. The lowest BCUT2D eigenvalue weighted by atomic mass is 10.2. The number of likely N-dealkylation sites (N-methyl/N-ethyl adjacent to an activating group) is 1. The summed E-state index contributed by atoms with van der Waals surface area (Å²) in [5.41, 5.74) is 1.34. The Morgan fingerprint density at radius 1 is 1.31 bits per heavy atom. The van der Waals surface area contributed by atoms with Crippen LogP contribution in [-0.2, 0) is 16.1 Å². The van der Waals surface area contributed by atoms with Gasteiger partial charge in [0.25, 0.3) is 0 Å². The van der Waals surface area contributed by atoms with E-state index in [-0.39, 0.29) is 18.6 Å². The zero-order valence-electron chi connectivity index (χ0n) is 17.9. The fraction of sp³-hybridized carbons (Fsp3) is 0.636. The fourth-order valence-electron chi connectivity index (χ4n) is 3.89. The van der Waals surface area contributed by atoms with E-state index in [0.29, 0.717) is 18.0 Å². The minimum absolute atomic E-state index is 0.00582. The largest absolute Gasteiger partial charge is 0.376 e. The first-order valence-electron chi connectivity index (χ1n) is 10.7. The van der Waals surface area contributed by atoms with Crippen LogP contribution in [0, 0.1) is 0 Å². The molecule has 2 aliphatic rings. The number of aliphatic imine (C=N–C) groups is 1. The van der Waals surface area contributed by atoms with E-state index < -0.39 is 0 Å². The second kappa shape index (κ2) is 10.6. The topological polar surface area (TPSA) is 69.2 Å². The van der Waals surface area contributed by atoms with E-state index in [9.17, 15) is 4.79 Å². The van der Waals surface area contributed by atoms with Gasteiger partial charge in [0.15, 0.2) is 5.96 Å². The van der Waals surface area contributed by atoms with Crippen molar-refractivity contribution >= 4 is 11.9 Å². The van der Waals surface area contributed by atoms with Crippen LogP contribution < -0.4 is 10.6 Å². The number of carbonyl (C=O) groups excluding carboxylic acids is 1. The molecule has 2 heterocycles. The molecule has 2 N–H and O–H groups in total. The summed E-state index contributed by atoms with van der Waals surface area (Å²) in [6, 6.07) is 11.4. The Morgan fingerprint density at radius 3 is 2.79 bits per heavy atom. The third-order valence-corrected chi connectivity index (χ3v) is 5.67. The van der Waals surface area contributed by atoms with Crippen molar-refractivity contribution in [1.29, 1.82) is 0 Å². The van der Waals surface area contributed by atoms with Crippen LogP contribution in [0.4, 0.5) is 0 Å². The monoisotopic (exact) mass is 401 g/mol. The van der Waals surface area contributed by atoms with Crippen LogP contribution in [0.25, 0.3) is 0 Å². The van der Waals surface area contributed by atoms with E-state index in [1.54, 1.807) is 19.0 Å². The van der Waals surface area contributed by atoms with Crippen molar-refractivity contribution in [3.63, 3.8) is 0 Å². The molecule has 3 atom stereocenters. The lowest BCUT2D eigenvalue weighted by Gasteiger charge is -2.21.